The number of likely N-dealkylation sites (tertiary alicyclic amines) is 1. The first kappa shape index (κ1) is 14.9. The summed E-state index contributed by atoms with van der Waals surface area (Å²) in [5.74, 6) is 1.74. The van der Waals surface area contributed by atoms with E-state index in [1.165, 1.54) is 0 Å². The van der Waals surface area contributed by atoms with Crippen molar-refractivity contribution in [3.63, 3.8) is 0 Å². The minimum Gasteiger partial charge on any atom is -0.492 e. The van der Waals surface area contributed by atoms with E-state index in [0.717, 1.165) is 36.2 Å². The monoisotopic (exact) mass is 352 g/mol. The SMILES string of the molecule is O=C1CCC2CNCCC2N1CCOc1cccc(Br)c1. The molecule has 2 unspecified atom stereocenters. The number of rotatable bonds is 4. The van der Waals surface area contributed by atoms with Crippen LogP contribution in [0.2, 0.25) is 0 Å². The van der Waals surface area contributed by atoms with Crippen LogP contribution in [0.1, 0.15) is 19.3 Å². The molecule has 1 amide bonds. The lowest BCUT2D eigenvalue weighted by Gasteiger charge is -2.44. The third kappa shape index (κ3) is 3.58. The van der Waals surface area contributed by atoms with Gasteiger partial charge in [0.25, 0.3) is 0 Å². The maximum atomic E-state index is 12.2. The number of amides is 1. The van der Waals surface area contributed by atoms with Gasteiger partial charge < -0.3 is 15.0 Å². The zero-order valence-electron chi connectivity index (χ0n) is 12.1. The number of carbonyl (C=O) groups is 1. The van der Waals surface area contributed by atoms with Crippen molar-refractivity contribution in [2.24, 2.45) is 5.92 Å². The van der Waals surface area contributed by atoms with E-state index in [0.29, 0.717) is 31.5 Å². The minimum absolute atomic E-state index is 0.288. The predicted octanol–water partition coefficient (Wildman–Crippen LogP) is 2.43. The van der Waals surface area contributed by atoms with Gasteiger partial charge in [-0.2, -0.15) is 0 Å². The maximum absolute atomic E-state index is 12.2. The molecule has 0 aliphatic carbocycles. The summed E-state index contributed by atoms with van der Waals surface area (Å²) in [4.78, 5) is 14.2. The lowest BCUT2D eigenvalue weighted by molar-refractivity contribution is -0.140. The van der Waals surface area contributed by atoms with E-state index in [2.05, 4.69) is 21.2 Å². The second kappa shape index (κ2) is 6.79. The van der Waals surface area contributed by atoms with Crippen LogP contribution in [-0.2, 0) is 4.79 Å². The van der Waals surface area contributed by atoms with Crippen LogP contribution in [-0.4, -0.2) is 43.1 Å². The fourth-order valence-electron chi connectivity index (χ4n) is 3.36. The van der Waals surface area contributed by atoms with Crippen molar-refractivity contribution in [2.45, 2.75) is 25.3 Å². The normalized spacial score (nSPS) is 25.6. The molecule has 0 spiro atoms. The number of ether oxygens (including phenoxy) is 1. The number of carbonyl (C=O) groups excluding carboxylic acids is 1. The first-order valence-electron chi connectivity index (χ1n) is 7.62. The molecule has 21 heavy (non-hydrogen) atoms. The minimum atomic E-state index is 0.288. The Labute approximate surface area is 134 Å². The van der Waals surface area contributed by atoms with Crippen LogP contribution in [0.3, 0.4) is 0 Å². The van der Waals surface area contributed by atoms with Gasteiger partial charge in [-0.15, -0.1) is 0 Å². The molecule has 1 aromatic rings. The molecule has 2 fully saturated rings. The van der Waals surface area contributed by atoms with E-state index < -0.39 is 0 Å². The van der Waals surface area contributed by atoms with Gasteiger partial charge in [0.05, 0.1) is 6.54 Å². The van der Waals surface area contributed by atoms with Gasteiger partial charge in [0.2, 0.25) is 5.91 Å². The lowest BCUT2D eigenvalue weighted by atomic mass is 9.84. The van der Waals surface area contributed by atoms with Crippen molar-refractivity contribution >= 4 is 21.8 Å². The molecule has 3 rings (SSSR count). The van der Waals surface area contributed by atoms with Crippen LogP contribution < -0.4 is 10.1 Å². The van der Waals surface area contributed by atoms with Crippen molar-refractivity contribution in [2.75, 3.05) is 26.2 Å². The van der Waals surface area contributed by atoms with E-state index in [4.69, 9.17) is 4.74 Å². The summed E-state index contributed by atoms with van der Waals surface area (Å²) in [6.45, 7) is 3.30. The van der Waals surface area contributed by atoms with Gasteiger partial charge in [0, 0.05) is 16.9 Å². The van der Waals surface area contributed by atoms with E-state index in [-0.39, 0.29) is 5.91 Å². The van der Waals surface area contributed by atoms with Gasteiger partial charge in [-0.25, -0.2) is 0 Å². The first-order valence-corrected chi connectivity index (χ1v) is 8.42. The number of fused-ring (bicyclic) bond motifs is 1. The standard InChI is InChI=1S/C16H21BrN2O2/c17-13-2-1-3-14(10-13)21-9-8-19-15-6-7-18-11-12(15)4-5-16(19)20/h1-3,10,12,15,18H,4-9,11H2. The Morgan fingerprint density at radius 3 is 3.14 bits per heavy atom. The highest BCUT2D eigenvalue weighted by molar-refractivity contribution is 9.10. The van der Waals surface area contributed by atoms with Gasteiger partial charge in [-0.05, 0) is 50.0 Å². The van der Waals surface area contributed by atoms with Gasteiger partial charge in [0.15, 0.2) is 0 Å². The van der Waals surface area contributed by atoms with E-state index in [9.17, 15) is 4.79 Å². The second-order valence-electron chi connectivity index (χ2n) is 5.75. The maximum Gasteiger partial charge on any atom is 0.222 e. The smallest absolute Gasteiger partial charge is 0.222 e. The zero-order valence-corrected chi connectivity index (χ0v) is 13.6. The Morgan fingerprint density at radius 1 is 1.38 bits per heavy atom. The van der Waals surface area contributed by atoms with Crippen LogP contribution in [0.5, 0.6) is 5.75 Å². The number of piperidine rings is 2. The quantitative estimate of drug-likeness (QED) is 0.904. The predicted molar refractivity (Wildman–Crippen MR) is 85.3 cm³/mol. The number of halogens is 1. The molecule has 5 heteroatoms. The summed E-state index contributed by atoms with van der Waals surface area (Å²) >= 11 is 3.43. The van der Waals surface area contributed by atoms with Crippen LogP contribution in [0, 0.1) is 5.92 Å². The Hall–Kier alpha value is -1.07. The molecular weight excluding hydrogens is 332 g/mol. The summed E-state index contributed by atoms with van der Waals surface area (Å²) < 4.78 is 6.79. The molecule has 2 saturated heterocycles. The van der Waals surface area contributed by atoms with Crippen LogP contribution in [0.4, 0.5) is 0 Å². The summed E-state index contributed by atoms with van der Waals surface area (Å²) in [6, 6.07) is 8.22. The zero-order chi connectivity index (χ0) is 14.7. The number of hydrogen-bond donors (Lipinski definition) is 1. The lowest BCUT2D eigenvalue weighted by Crippen LogP contribution is -2.55. The molecular formula is C16H21BrN2O2. The Balaban J connectivity index is 1.56. The molecule has 2 atom stereocenters. The van der Waals surface area contributed by atoms with Crippen molar-refractivity contribution in [3.8, 4) is 5.75 Å². The molecule has 0 aromatic heterocycles. The molecule has 114 valence electrons. The average molecular weight is 353 g/mol. The third-order valence-electron chi connectivity index (χ3n) is 4.41. The topological polar surface area (TPSA) is 41.6 Å². The Kier molecular flexibility index (Phi) is 4.80. The summed E-state index contributed by atoms with van der Waals surface area (Å²) in [6.07, 6.45) is 2.77. The summed E-state index contributed by atoms with van der Waals surface area (Å²) in [5.41, 5.74) is 0. The Bertz CT molecular complexity index is 509. The molecule has 2 aliphatic rings. The van der Waals surface area contributed by atoms with Gasteiger partial charge in [0.1, 0.15) is 12.4 Å². The summed E-state index contributed by atoms with van der Waals surface area (Å²) in [7, 11) is 0. The van der Waals surface area contributed by atoms with Gasteiger partial charge in [-0.1, -0.05) is 22.0 Å². The average Bonchev–Trinajstić information content (AvgIpc) is 2.50. The second-order valence-corrected chi connectivity index (χ2v) is 6.67. The molecule has 4 nitrogen and oxygen atoms in total. The van der Waals surface area contributed by atoms with E-state index >= 15 is 0 Å². The number of hydrogen-bond acceptors (Lipinski definition) is 3. The van der Waals surface area contributed by atoms with E-state index in [1.807, 2.05) is 29.2 Å². The number of nitrogens with zero attached hydrogens (tertiary/aromatic N) is 1. The third-order valence-corrected chi connectivity index (χ3v) is 4.91. The van der Waals surface area contributed by atoms with Crippen molar-refractivity contribution in [1.82, 2.24) is 10.2 Å². The van der Waals surface area contributed by atoms with Crippen molar-refractivity contribution < 1.29 is 9.53 Å². The molecule has 0 saturated carbocycles. The fraction of sp³-hybridized carbons (Fsp3) is 0.562. The summed E-state index contributed by atoms with van der Waals surface area (Å²) in [5, 5.41) is 3.43. The molecule has 0 bridgehead atoms. The highest BCUT2D eigenvalue weighted by Gasteiger charge is 2.36. The van der Waals surface area contributed by atoms with Crippen LogP contribution in [0.15, 0.2) is 28.7 Å². The molecule has 1 aromatic carbocycles. The first-order chi connectivity index (χ1) is 10.2. The van der Waals surface area contributed by atoms with Crippen molar-refractivity contribution in [3.05, 3.63) is 28.7 Å². The molecule has 0 radical (unpaired) electrons. The number of benzene rings is 1. The van der Waals surface area contributed by atoms with Crippen LogP contribution in [0.25, 0.3) is 0 Å². The van der Waals surface area contributed by atoms with Gasteiger partial charge in [-0.3, -0.25) is 4.79 Å². The number of nitrogens with one attached hydrogen (secondary N) is 1. The molecule has 2 aliphatic heterocycles. The van der Waals surface area contributed by atoms with Crippen LogP contribution >= 0.6 is 15.9 Å². The molecule has 2 heterocycles. The van der Waals surface area contributed by atoms with E-state index in [1.54, 1.807) is 0 Å². The highest BCUT2D eigenvalue weighted by Crippen LogP contribution is 2.28. The van der Waals surface area contributed by atoms with Crippen molar-refractivity contribution in [1.29, 1.82) is 0 Å². The Morgan fingerprint density at radius 2 is 2.29 bits per heavy atom. The highest BCUT2D eigenvalue weighted by atomic mass is 79.9. The molecule has 1 N–H and O–H groups in total. The largest absolute Gasteiger partial charge is 0.492 e. The van der Waals surface area contributed by atoms with Gasteiger partial charge >= 0.3 is 0 Å². The fourth-order valence-corrected chi connectivity index (χ4v) is 3.74.